The summed E-state index contributed by atoms with van der Waals surface area (Å²) in [6.45, 7) is 5.17. The number of ether oxygens (including phenoxy) is 2. The molecule has 1 aliphatic heterocycles. The number of benzene rings is 1. The Balaban J connectivity index is 1.95. The van der Waals surface area contributed by atoms with Crippen LogP contribution < -0.4 is 0 Å². The number of rotatable bonds is 3. The van der Waals surface area contributed by atoms with E-state index in [1.165, 1.54) is 4.90 Å². The second-order valence-corrected chi connectivity index (χ2v) is 7.02. The van der Waals surface area contributed by atoms with E-state index in [1.54, 1.807) is 20.8 Å². The number of carbonyl (C=O) groups excluding carboxylic acids is 3. The van der Waals surface area contributed by atoms with Gasteiger partial charge in [-0.25, -0.2) is 18.4 Å². The van der Waals surface area contributed by atoms with Gasteiger partial charge in [-0.3, -0.25) is 4.79 Å². The first-order valence-corrected chi connectivity index (χ1v) is 8.24. The molecule has 142 valence electrons. The van der Waals surface area contributed by atoms with Crippen LogP contribution in [0.4, 0.5) is 8.78 Å². The molecule has 1 amide bonds. The summed E-state index contributed by atoms with van der Waals surface area (Å²) in [5.74, 6) is -4.79. The Hall–Kier alpha value is -2.51. The average Bonchev–Trinajstić information content (AvgIpc) is 3.01. The second kappa shape index (κ2) is 7.80. The van der Waals surface area contributed by atoms with Crippen LogP contribution in [0.25, 0.3) is 0 Å². The highest BCUT2D eigenvalue weighted by Gasteiger charge is 2.35. The molecule has 1 heterocycles. The van der Waals surface area contributed by atoms with Gasteiger partial charge in [0, 0.05) is 6.54 Å². The maximum atomic E-state index is 13.2. The van der Waals surface area contributed by atoms with E-state index in [1.807, 2.05) is 0 Å². The van der Waals surface area contributed by atoms with Gasteiger partial charge in [-0.05, 0) is 51.8 Å². The van der Waals surface area contributed by atoms with Crippen LogP contribution in [0.2, 0.25) is 0 Å². The largest absolute Gasteiger partial charge is 0.460 e. The van der Waals surface area contributed by atoms with Crippen molar-refractivity contribution in [2.45, 2.75) is 45.3 Å². The molecule has 0 spiro atoms. The minimum absolute atomic E-state index is 0.132. The van der Waals surface area contributed by atoms with Crippen LogP contribution in [0, 0.1) is 11.6 Å². The van der Waals surface area contributed by atoms with E-state index >= 15 is 0 Å². The lowest BCUT2D eigenvalue weighted by Gasteiger charge is -2.25. The Morgan fingerprint density at radius 3 is 2.50 bits per heavy atom. The van der Waals surface area contributed by atoms with Gasteiger partial charge in [0.2, 0.25) is 0 Å². The number of hydrogen-bond acceptors (Lipinski definition) is 5. The van der Waals surface area contributed by atoms with E-state index in [4.69, 9.17) is 9.47 Å². The summed E-state index contributed by atoms with van der Waals surface area (Å²) < 4.78 is 36.3. The number of nitrogens with zero attached hydrogens (tertiary/aromatic N) is 1. The number of carbonyl (C=O) groups is 3. The standard InChI is InChI=1S/C18H21F2NO5/c1-18(2,3)26-17(24)15(22)21-8-4-5-12(21)10-25-16(23)11-6-7-13(19)14(20)9-11/h6-7,9,12H,4-5,8,10H2,1-3H3/t12-/m1/s1. The molecular weight excluding hydrogens is 348 g/mol. The average molecular weight is 369 g/mol. The highest BCUT2D eigenvalue weighted by Crippen LogP contribution is 2.20. The van der Waals surface area contributed by atoms with Crippen LogP contribution in [0.1, 0.15) is 44.0 Å². The molecule has 6 nitrogen and oxygen atoms in total. The molecule has 0 radical (unpaired) electrons. The van der Waals surface area contributed by atoms with Crippen LogP contribution in [0.15, 0.2) is 18.2 Å². The molecule has 0 unspecified atom stereocenters. The lowest BCUT2D eigenvalue weighted by atomic mass is 10.2. The number of halogens is 2. The Labute approximate surface area is 150 Å². The van der Waals surface area contributed by atoms with Crippen molar-refractivity contribution in [2.75, 3.05) is 13.2 Å². The van der Waals surface area contributed by atoms with E-state index in [0.717, 1.165) is 18.2 Å². The fourth-order valence-corrected chi connectivity index (χ4v) is 2.59. The summed E-state index contributed by atoms with van der Waals surface area (Å²) in [6.07, 6.45) is 1.21. The van der Waals surface area contributed by atoms with Crippen molar-refractivity contribution in [1.29, 1.82) is 0 Å². The molecule has 0 aliphatic carbocycles. The van der Waals surface area contributed by atoms with Crippen molar-refractivity contribution in [3.05, 3.63) is 35.4 Å². The molecule has 0 bridgehead atoms. The SMILES string of the molecule is CC(C)(C)OC(=O)C(=O)N1CCC[C@@H]1COC(=O)c1ccc(F)c(F)c1. The minimum atomic E-state index is -1.15. The fraction of sp³-hybridized carbons (Fsp3) is 0.500. The van der Waals surface area contributed by atoms with E-state index in [2.05, 4.69) is 0 Å². The van der Waals surface area contributed by atoms with Gasteiger partial charge in [0.15, 0.2) is 11.6 Å². The van der Waals surface area contributed by atoms with Crippen LogP contribution >= 0.6 is 0 Å². The molecule has 1 aromatic carbocycles. The third kappa shape index (κ3) is 5.00. The first-order valence-electron chi connectivity index (χ1n) is 8.24. The van der Waals surface area contributed by atoms with E-state index in [9.17, 15) is 23.2 Å². The van der Waals surface area contributed by atoms with Gasteiger partial charge < -0.3 is 14.4 Å². The van der Waals surface area contributed by atoms with Crippen molar-refractivity contribution in [2.24, 2.45) is 0 Å². The van der Waals surface area contributed by atoms with Crippen molar-refractivity contribution >= 4 is 17.8 Å². The Bertz CT molecular complexity index is 714. The van der Waals surface area contributed by atoms with Crippen molar-refractivity contribution < 1.29 is 32.6 Å². The van der Waals surface area contributed by atoms with Gasteiger partial charge >= 0.3 is 17.8 Å². The zero-order valence-corrected chi connectivity index (χ0v) is 14.9. The summed E-state index contributed by atoms with van der Waals surface area (Å²) in [7, 11) is 0. The number of hydrogen-bond donors (Lipinski definition) is 0. The minimum Gasteiger partial charge on any atom is -0.460 e. The van der Waals surface area contributed by atoms with E-state index < -0.39 is 41.1 Å². The van der Waals surface area contributed by atoms with Crippen LogP contribution in [0.5, 0.6) is 0 Å². The number of likely N-dealkylation sites (tertiary alicyclic amines) is 1. The van der Waals surface area contributed by atoms with Crippen molar-refractivity contribution in [3.63, 3.8) is 0 Å². The maximum Gasteiger partial charge on any atom is 0.397 e. The van der Waals surface area contributed by atoms with Crippen LogP contribution in [-0.2, 0) is 19.1 Å². The van der Waals surface area contributed by atoms with Crippen molar-refractivity contribution in [3.8, 4) is 0 Å². The molecule has 8 heteroatoms. The topological polar surface area (TPSA) is 72.9 Å². The fourth-order valence-electron chi connectivity index (χ4n) is 2.59. The molecule has 1 aromatic rings. The molecule has 1 saturated heterocycles. The van der Waals surface area contributed by atoms with E-state index in [0.29, 0.717) is 19.4 Å². The molecule has 2 rings (SSSR count). The Morgan fingerprint density at radius 1 is 1.19 bits per heavy atom. The zero-order valence-electron chi connectivity index (χ0n) is 14.9. The van der Waals surface area contributed by atoms with Gasteiger partial charge in [-0.15, -0.1) is 0 Å². The molecule has 0 saturated carbocycles. The van der Waals surface area contributed by atoms with Gasteiger partial charge in [-0.1, -0.05) is 0 Å². The predicted octanol–water partition coefficient (Wildman–Crippen LogP) is 2.45. The lowest BCUT2D eigenvalue weighted by Crippen LogP contribution is -2.44. The normalized spacial score (nSPS) is 17.1. The smallest absolute Gasteiger partial charge is 0.397 e. The summed E-state index contributed by atoms with van der Waals surface area (Å²) >= 11 is 0. The van der Waals surface area contributed by atoms with Gasteiger partial charge in [-0.2, -0.15) is 0 Å². The van der Waals surface area contributed by atoms with Gasteiger partial charge in [0.1, 0.15) is 12.2 Å². The van der Waals surface area contributed by atoms with Gasteiger partial charge in [0.25, 0.3) is 0 Å². The molecule has 1 aliphatic rings. The summed E-state index contributed by atoms with van der Waals surface area (Å²) in [6, 6.07) is 2.22. The molecular formula is C18H21F2NO5. The predicted molar refractivity (Wildman–Crippen MR) is 87.2 cm³/mol. The number of amides is 1. The third-order valence-corrected chi connectivity index (χ3v) is 3.77. The quantitative estimate of drug-likeness (QED) is 0.605. The first-order chi connectivity index (χ1) is 12.1. The van der Waals surface area contributed by atoms with Crippen molar-refractivity contribution in [1.82, 2.24) is 4.90 Å². The number of esters is 2. The lowest BCUT2D eigenvalue weighted by molar-refractivity contribution is -0.168. The highest BCUT2D eigenvalue weighted by molar-refractivity contribution is 6.32. The molecule has 0 N–H and O–H groups in total. The molecule has 1 atom stereocenters. The molecule has 0 aromatic heterocycles. The van der Waals surface area contributed by atoms with Crippen LogP contribution in [-0.4, -0.2) is 47.5 Å². The van der Waals surface area contributed by atoms with Crippen LogP contribution in [0.3, 0.4) is 0 Å². The molecule has 1 fully saturated rings. The summed E-state index contributed by atoms with van der Waals surface area (Å²) in [4.78, 5) is 37.4. The first kappa shape index (κ1) is 19.8. The van der Waals surface area contributed by atoms with E-state index in [-0.39, 0.29) is 12.2 Å². The Morgan fingerprint density at radius 2 is 1.88 bits per heavy atom. The summed E-state index contributed by atoms with van der Waals surface area (Å²) in [5, 5.41) is 0. The highest BCUT2D eigenvalue weighted by atomic mass is 19.2. The maximum absolute atomic E-state index is 13.2. The monoisotopic (exact) mass is 369 g/mol. The second-order valence-electron chi connectivity index (χ2n) is 7.02. The molecule has 26 heavy (non-hydrogen) atoms. The zero-order chi connectivity index (χ0) is 19.5. The third-order valence-electron chi connectivity index (χ3n) is 3.77. The van der Waals surface area contributed by atoms with Gasteiger partial charge in [0.05, 0.1) is 11.6 Å². The summed E-state index contributed by atoms with van der Waals surface area (Å²) in [5.41, 5.74) is -0.923. The Kier molecular flexibility index (Phi) is 5.94.